The zero-order chi connectivity index (χ0) is 14.7. The Hall–Kier alpha value is -1.75. The van der Waals surface area contributed by atoms with Gasteiger partial charge in [0.25, 0.3) is 5.91 Å². The quantitative estimate of drug-likeness (QED) is 0.830. The summed E-state index contributed by atoms with van der Waals surface area (Å²) >= 11 is 6.00. The van der Waals surface area contributed by atoms with Crippen LogP contribution in [0.4, 0.5) is 5.69 Å². The highest BCUT2D eigenvalue weighted by Crippen LogP contribution is 2.19. The zero-order valence-electron chi connectivity index (χ0n) is 11.4. The van der Waals surface area contributed by atoms with Gasteiger partial charge in [-0.3, -0.25) is 9.59 Å². The number of halogens is 1. The van der Waals surface area contributed by atoms with Gasteiger partial charge in [-0.25, -0.2) is 0 Å². The van der Waals surface area contributed by atoms with Gasteiger partial charge in [0, 0.05) is 31.2 Å². The molecule has 1 unspecified atom stereocenters. The zero-order valence-corrected chi connectivity index (χ0v) is 12.1. The van der Waals surface area contributed by atoms with Gasteiger partial charge in [0.05, 0.1) is 10.6 Å². The summed E-state index contributed by atoms with van der Waals surface area (Å²) in [6.07, 6.45) is 1.49. The maximum Gasteiger partial charge on any atom is 0.253 e. The van der Waals surface area contributed by atoms with Gasteiger partial charge in [-0.05, 0) is 31.5 Å². The Morgan fingerprint density at radius 2 is 2.30 bits per heavy atom. The third-order valence-electron chi connectivity index (χ3n) is 3.28. The number of likely N-dealkylation sites (tertiary alicyclic amines) is 1. The summed E-state index contributed by atoms with van der Waals surface area (Å²) in [6.45, 7) is 3.16. The molecular weight excluding hydrogens is 278 g/mol. The fraction of sp³-hybridized carbons (Fsp3) is 0.429. The molecule has 1 heterocycles. The van der Waals surface area contributed by atoms with Crippen LogP contribution in [0.5, 0.6) is 0 Å². The van der Waals surface area contributed by atoms with Crippen LogP contribution < -0.4 is 11.1 Å². The van der Waals surface area contributed by atoms with Crippen molar-refractivity contribution < 1.29 is 9.59 Å². The number of hydrogen-bond acceptors (Lipinski definition) is 3. The number of amides is 2. The molecule has 1 fully saturated rings. The Labute approximate surface area is 123 Å². The number of rotatable bonds is 4. The first kappa shape index (κ1) is 14.7. The van der Waals surface area contributed by atoms with Gasteiger partial charge in [0.2, 0.25) is 5.91 Å². The summed E-state index contributed by atoms with van der Waals surface area (Å²) < 4.78 is 0. The highest BCUT2D eigenvalue weighted by atomic mass is 35.5. The topological polar surface area (TPSA) is 75.4 Å². The lowest BCUT2D eigenvalue weighted by molar-refractivity contribution is -0.127. The number of nitrogens with two attached hydrogens (primary N) is 1. The van der Waals surface area contributed by atoms with Gasteiger partial charge in [-0.15, -0.1) is 0 Å². The SMILES string of the molecule is CC(CN1CCCC1=O)NC(=O)c1ccc(N)cc1Cl. The Morgan fingerprint density at radius 3 is 2.90 bits per heavy atom. The predicted octanol–water partition coefficient (Wildman–Crippen LogP) is 1.66. The molecule has 0 radical (unpaired) electrons. The van der Waals surface area contributed by atoms with Crippen molar-refractivity contribution in [3.8, 4) is 0 Å². The molecule has 2 rings (SSSR count). The van der Waals surface area contributed by atoms with Crippen LogP contribution in [0.1, 0.15) is 30.1 Å². The first-order valence-corrected chi connectivity index (χ1v) is 6.99. The number of carbonyl (C=O) groups is 2. The van der Waals surface area contributed by atoms with Gasteiger partial charge in [0.15, 0.2) is 0 Å². The highest BCUT2D eigenvalue weighted by molar-refractivity contribution is 6.34. The normalized spacial score (nSPS) is 16.3. The van der Waals surface area contributed by atoms with Crippen LogP contribution >= 0.6 is 11.6 Å². The lowest BCUT2D eigenvalue weighted by Gasteiger charge is -2.21. The van der Waals surface area contributed by atoms with E-state index in [2.05, 4.69) is 5.32 Å². The molecule has 2 amide bonds. The van der Waals surface area contributed by atoms with Gasteiger partial charge in [-0.2, -0.15) is 0 Å². The molecule has 1 aromatic carbocycles. The molecule has 1 aliphatic rings. The van der Waals surface area contributed by atoms with E-state index in [1.165, 1.54) is 0 Å². The average molecular weight is 296 g/mol. The van der Waals surface area contributed by atoms with Crippen LogP contribution in [0.3, 0.4) is 0 Å². The van der Waals surface area contributed by atoms with Crippen molar-refractivity contribution in [1.29, 1.82) is 0 Å². The maximum absolute atomic E-state index is 12.1. The number of nitrogens with zero attached hydrogens (tertiary/aromatic N) is 1. The van der Waals surface area contributed by atoms with Crippen molar-refractivity contribution in [3.05, 3.63) is 28.8 Å². The van der Waals surface area contributed by atoms with Gasteiger partial charge < -0.3 is 16.0 Å². The molecule has 20 heavy (non-hydrogen) atoms. The molecule has 0 saturated carbocycles. The second-order valence-corrected chi connectivity index (χ2v) is 5.46. The Bertz CT molecular complexity index is 533. The van der Waals surface area contributed by atoms with Crippen molar-refractivity contribution >= 4 is 29.1 Å². The molecule has 108 valence electrons. The fourth-order valence-electron chi connectivity index (χ4n) is 2.29. The van der Waals surface area contributed by atoms with Gasteiger partial charge in [-0.1, -0.05) is 11.6 Å². The molecule has 3 N–H and O–H groups in total. The molecule has 0 bridgehead atoms. The lowest BCUT2D eigenvalue weighted by atomic mass is 10.2. The van der Waals surface area contributed by atoms with Gasteiger partial charge >= 0.3 is 0 Å². The van der Waals surface area contributed by atoms with Crippen LogP contribution in [0, 0.1) is 0 Å². The molecule has 1 aromatic rings. The number of hydrogen-bond donors (Lipinski definition) is 2. The number of anilines is 1. The van der Waals surface area contributed by atoms with E-state index in [1.54, 1.807) is 23.1 Å². The summed E-state index contributed by atoms with van der Waals surface area (Å²) in [5.41, 5.74) is 6.50. The summed E-state index contributed by atoms with van der Waals surface area (Å²) in [7, 11) is 0. The third kappa shape index (κ3) is 3.42. The second-order valence-electron chi connectivity index (χ2n) is 5.06. The van der Waals surface area contributed by atoms with E-state index in [4.69, 9.17) is 17.3 Å². The second kappa shape index (κ2) is 6.13. The van der Waals surface area contributed by atoms with E-state index in [-0.39, 0.29) is 17.9 Å². The van der Waals surface area contributed by atoms with Gasteiger partial charge in [0.1, 0.15) is 0 Å². The van der Waals surface area contributed by atoms with Crippen LogP contribution in [0.2, 0.25) is 5.02 Å². The van der Waals surface area contributed by atoms with E-state index < -0.39 is 0 Å². The van der Waals surface area contributed by atoms with Crippen molar-refractivity contribution in [3.63, 3.8) is 0 Å². The third-order valence-corrected chi connectivity index (χ3v) is 3.59. The number of nitrogen functional groups attached to an aromatic ring is 1. The number of benzene rings is 1. The van der Waals surface area contributed by atoms with Crippen molar-refractivity contribution in [2.24, 2.45) is 0 Å². The minimum Gasteiger partial charge on any atom is -0.399 e. The molecule has 0 aliphatic carbocycles. The molecule has 6 heteroatoms. The van der Waals surface area contributed by atoms with E-state index in [0.29, 0.717) is 29.2 Å². The molecule has 1 saturated heterocycles. The van der Waals surface area contributed by atoms with E-state index in [9.17, 15) is 9.59 Å². The fourth-order valence-corrected chi connectivity index (χ4v) is 2.57. The highest BCUT2D eigenvalue weighted by Gasteiger charge is 2.22. The Kier molecular flexibility index (Phi) is 4.49. The monoisotopic (exact) mass is 295 g/mol. The van der Waals surface area contributed by atoms with E-state index in [0.717, 1.165) is 13.0 Å². The summed E-state index contributed by atoms with van der Waals surface area (Å²) in [5, 5.41) is 3.17. The molecule has 1 aliphatic heterocycles. The Morgan fingerprint density at radius 1 is 1.55 bits per heavy atom. The van der Waals surface area contributed by atoms with Crippen LogP contribution in [-0.4, -0.2) is 35.8 Å². The minimum absolute atomic E-state index is 0.127. The predicted molar refractivity (Wildman–Crippen MR) is 78.6 cm³/mol. The van der Waals surface area contributed by atoms with Crippen molar-refractivity contribution in [1.82, 2.24) is 10.2 Å². The van der Waals surface area contributed by atoms with Crippen LogP contribution in [0.15, 0.2) is 18.2 Å². The Balaban J connectivity index is 1.95. The smallest absolute Gasteiger partial charge is 0.253 e. The molecular formula is C14H18ClN3O2. The largest absolute Gasteiger partial charge is 0.399 e. The minimum atomic E-state index is -0.255. The van der Waals surface area contributed by atoms with E-state index in [1.807, 2.05) is 6.92 Å². The lowest BCUT2D eigenvalue weighted by Crippen LogP contribution is -2.42. The number of carbonyl (C=O) groups excluding carboxylic acids is 2. The van der Waals surface area contributed by atoms with Crippen molar-refractivity contribution in [2.45, 2.75) is 25.8 Å². The molecule has 1 atom stereocenters. The number of nitrogens with one attached hydrogen (secondary N) is 1. The first-order chi connectivity index (χ1) is 9.47. The van der Waals surface area contributed by atoms with Crippen LogP contribution in [-0.2, 0) is 4.79 Å². The van der Waals surface area contributed by atoms with Crippen LogP contribution in [0.25, 0.3) is 0 Å². The standard InChI is InChI=1S/C14H18ClN3O2/c1-9(8-18-6-2-3-13(18)19)17-14(20)11-5-4-10(16)7-12(11)15/h4-5,7,9H,2-3,6,8,16H2,1H3,(H,17,20). The maximum atomic E-state index is 12.1. The molecule has 0 aromatic heterocycles. The summed E-state index contributed by atoms with van der Waals surface area (Å²) in [5.74, 6) is -0.106. The van der Waals surface area contributed by atoms with Crippen molar-refractivity contribution in [2.75, 3.05) is 18.8 Å². The summed E-state index contributed by atoms with van der Waals surface area (Å²) in [4.78, 5) is 25.4. The average Bonchev–Trinajstić information content (AvgIpc) is 2.74. The van der Waals surface area contributed by atoms with E-state index >= 15 is 0 Å². The molecule has 5 nitrogen and oxygen atoms in total. The first-order valence-electron chi connectivity index (χ1n) is 6.61. The molecule has 0 spiro atoms. The summed E-state index contributed by atoms with van der Waals surface area (Å²) in [6, 6.07) is 4.65.